The van der Waals surface area contributed by atoms with Crippen LogP contribution in [0.2, 0.25) is 0 Å². The summed E-state index contributed by atoms with van der Waals surface area (Å²) in [6.07, 6.45) is 0. The van der Waals surface area contributed by atoms with E-state index in [1.807, 2.05) is 24.3 Å². The highest BCUT2D eigenvalue weighted by molar-refractivity contribution is 6.14. The van der Waals surface area contributed by atoms with Crippen LogP contribution < -0.4 is 0 Å². The number of nitrogens with zero attached hydrogens (tertiary/aromatic N) is 3. The van der Waals surface area contributed by atoms with E-state index in [9.17, 15) is 0 Å². The molecule has 2 aliphatic rings. The van der Waals surface area contributed by atoms with Crippen molar-refractivity contribution in [2.24, 2.45) is 0 Å². The van der Waals surface area contributed by atoms with Crippen molar-refractivity contribution in [3.8, 4) is 61.8 Å². The molecule has 0 N–H and O–H groups in total. The summed E-state index contributed by atoms with van der Waals surface area (Å²) in [4.78, 5) is 10.1. The van der Waals surface area contributed by atoms with E-state index in [1.54, 1.807) is 0 Å². The van der Waals surface area contributed by atoms with Gasteiger partial charge in [-0.3, -0.25) is 0 Å². The molecule has 0 unspecified atom stereocenters. The molecule has 0 bridgehead atoms. The summed E-state index contributed by atoms with van der Waals surface area (Å²) in [6.45, 7) is 0. The molecular formula is C53H33N3. The van der Waals surface area contributed by atoms with Gasteiger partial charge in [0.2, 0.25) is 0 Å². The molecule has 0 amide bonds. The first-order valence-corrected chi connectivity index (χ1v) is 19.2. The maximum absolute atomic E-state index is 5.11. The first-order valence-electron chi connectivity index (χ1n) is 19.2. The van der Waals surface area contributed by atoms with Crippen LogP contribution in [0.3, 0.4) is 0 Å². The predicted octanol–water partition coefficient (Wildman–Crippen LogP) is 12.9. The highest BCUT2D eigenvalue weighted by Gasteiger charge is 2.50. The van der Waals surface area contributed by atoms with E-state index in [1.165, 1.54) is 66.4 Å². The van der Waals surface area contributed by atoms with Gasteiger partial charge in [-0.1, -0.05) is 170 Å². The predicted molar refractivity (Wildman–Crippen MR) is 229 cm³/mol. The number of hydrogen-bond acceptors (Lipinski definition) is 2. The van der Waals surface area contributed by atoms with Crippen LogP contribution in [0.25, 0.3) is 83.6 Å². The molecule has 3 heteroatoms. The van der Waals surface area contributed by atoms with Gasteiger partial charge in [0.05, 0.1) is 33.5 Å². The Kier molecular flexibility index (Phi) is 6.55. The fourth-order valence-electron chi connectivity index (χ4n) is 9.65. The van der Waals surface area contributed by atoms with E-state index >= 15 is 0 Å². The largest absolute Gasteiger partial charge is 0.309 e. The Bertz CT molecular complexity index is 3070. The third-order valence-corrected chi connectivity index (χ3v) is 12.0. The lowest BCUT2D eigenvalue weighted by molar-refractivity contribution is 0.749. The zero-order chi connectivity index (χ0) is 36.8. The third-order valence-electron chi connectivity index (χ3n) is 12.0. The van der Waals surface area contributed by atoms with Gasteiger partial charge in [0.1, 0.15) is 0 Å². The lowest BCUT2D eigenvalue weighted by atomic mass is 9.65. The second-order valence-corrected chi connectivity index (χ2v) is 14.9. The molecular weight excluding hydrogens is 679 g/mol. The SMILES string of the molecule is c1ccc(-c2cc(-c3ccc(-c4cc5c6c(c4)c4ccccc4n6-c4ccccc4C54c5ccccc5-c5ccccc54)cc3)nc(-c3ccccc3)n2)cc1. The Labute approximate surface area is 324 Å². The first kappa shape index (κ1) is 31.0. The topological polar surface area (TPSA) is 30.7 Å². The van der Waals surface area contributed by atoms with Crippen molar-refractivity contribution in [1.82, 2.24) is 14.5 Å². The van der Waals surface area contributed by atoms with Crippen LogP contribution in [0, 0.1) is 0 Å². The average Bonchev–Trinajstić information content (AvgIpc) is 3.77. The number of para-hydroxylation sites is 2. The molecule has 3 nitrogen and oxygen atoms in total. The minimum Gasteiger partial charge on any atom is -0.309 e. The number of rotatable bonds is 4. The fraction of sp³-hybridized carbons (Fsp3) is 0.0189. The number of hydrogen-bond donors (Lipinski definition) is 0. The van der Waals surface area contributed by atoms with Crippen molar-refractivity contribution >= 4 is 21.8 Å². The zero-order valence-electron chi connectivity index (χ0n) is 30.4. The normalized spacial score (nSPS) is 13.1. The molecule has 1 aliphatic carbocycles. The van der Waals surface area contributed by atoms with Crippen molar-refractivity contribution in [3.63, 3.8) is 0 Å². The van der Waals surface area contributed by atoms with Crippen LogP contribution in [-0.2, 0) is 5.41 Å². The van der Waals surface area contributed by atoms with Gasteiger partial charge in [-0.05, 0) is 74.8 Å². The smallest absolute Gasteiger partial charge is 0.160 e. The van der Waals surface area contributed by atoms with Gasteiger partial charge < -0.3 is 4.57 Å². The van der Waals surface area contributed by atoms with Crippen LogP contribution in [0.4, 0.5) is 0 Å². The van der Waals surface area contributed by atoms with Crippen molar-refractivity contribution in [2.45, 2.75) is 5.41 Å². The number of aromatic nitrogens is 3. The zero-order valence-corrected chi connectivity index (χ0v) is 30.4. The molecule has 0 saturated heterocycles. The Morgan fingerprint density at radius 2 is 0.893 bits per heavy atom. The first-order chi connectivity index (χ1) is 27.8. The summed E-state index contributed by atoms with van der Waals surface area (Å²) >= 11 is 0. The van der Waals surface area contributed by atoms with E-state index in [0.717, 1.165) is 39.5 Å². The standard InChI is InChI=1S/C53H33N3/c1-3-15-35(16-4-1)47-33-48(55-52(54-47)37-17-5-2-6-18-37)36-29-27-34(28-30-36)38-31-42-41-21-9-13-25-49(41)56-50-26-14-12-24-45(50)53(46(32-38)51(42)56)43-22-10-7-19-39(43)40-20-8-11-23-44(40)53/h1-33H. The summed E-state index contributed by atoms with van der Waals surface area (Å²) in [5.41, 5.74) is 18.5. The van der Waals surface area contributed by atoms with Crippen molar-refractivity contribution < 1.29 is 0 Å². The van der Waals surface area contributed by atoms with Crippen molar-refractivity contribution in [3.05, 3.63) is 222 Å². The highest BCUT2D eigenvalue weighted by atomic mass is 15.0. The summed E-state index contributed by atoms with van der Waals surface area (Å²) in [5, 5.41) is 2.53. The molecule has 1 spiro atoms. The summed E-state index contributed by atoms with van der Waals surface area (Å²) in [5.74, 6) is 0.717. The molecule has 0 saturated carbocycles. The van der Waals surface area contributed by atoms with Gasteiger partial charge in [0.25, 0.3) is 0 Å². The molecule has 0 atom stereocenters. The minimum absolute atomic E-state index is 0.481. The summed E-state index contributed by atoms with van der Waals surface area (Å²) in [7, 11) is 0. The van der Waals surface area contributed by atoms with Gasteiger partial charge in [-0.25, -0.2) is 9.97 Å². The Morgan fingerprint density at radius 3 is 1.59 bits per heavy atom. The van der Waals surface area contributed by atoms with Gasteiger partial charge in [0, 0.05) is 27.5 Å². The Hall–Kier alpha value is -7.36. The van der Waals surface area contributed by atoms with Crippen molar-refractivity contribution in [2.75, 3.05) is 0 Å². The van der Waals surface area contributed by atoms with Gasteiger partial charge in [-0.15, -0.1) is 0 Å². The van der Waals surface area contributed by atoms with E-state index in [4.69, 9.17) is 9.97 Å². The number of fused-ring (bicyclic) bond motifs is 12. The second-order valence-electron chi connectivity index (χ2n) is 14.9. The molecule has 1 aliphatic heterocycles. The monoisotopic (exact) mass is 711 g/mol. The van der Waals surface area contributed by atoms with Crippen LogP contribution in [-0.4, -0.2) is 14.5 Å². The quantitative estimate of drug-likeness (QED) is 0.182. The van der Waals surface area contributed by atoms with E-state index in [0.29, 0.717) is 0 Å². The molecule has 2 aromatic heterocycles. The van der Waals surface area contributed by atoms with Gasteiger partial charge in [-0.2, -0.15) is 0 Å². The molecule has 56 heavy (non-hydrogen) atoms. The summed E-state index contributed by atoms with van der Waals surface area (Å²) in [6, 6.07) is 72.6. The van der Waals surface area contributed by atoms with Crippen molar-refractivity contribution in [1.29, 1.82) is 0 Å². The van der Waals surface area contributed by atoms with E-state index in [2.05, 4.69) is 180 Å². The van der Waals surface area contributed by atoms with Crippen LogP contribution in [0.15, 0.2) is 200 Å². The Balaban J connectivity index is 1.09. The van der Waals surface area contributed by atoms with Crippen LogP contribution in [0.5, 0.6) is 0 Å². The highest BCUT2D eigenvalue weighted by Crippen LogP contribution is 2.61. The van der Waals surface area contributed by atoms with Crippen LogP contribution >= 0.6 is 0 Å². The summed E-state index contributed by atoms with van der Waals surface area (Å²) < 4.78 is 2.51. The lowest BCUT2D eigenvalue weighted by Gasteiger charge is -2.39. The third kappa shape index (κ3) is 4.28. The Morgan fingerprint density at radius 1 is 0.357 bits per heavy atom. The van der Waals surface area contributed by atoms with Crippen LogP contribution in [0.1, 0.15) is 22.3 Å². The van der Waals surface area contributed by atoms with Gasteiger partial charge >= 0.3 is 0 Å². The lowest BCUT2D eigenvalue weighted by Crippen LogP contribution is -2.33. The van der Waals surface area contributed by atoms with Gasteiger partial charge in [0.15, 0.2) is 5.82 Å². The molecule has 0 fully saturated rings. The molecule has 8 aromatic carbocycles. The van der Waals surface area contributed by atoms with E-state index in [-0.39, 0.29) is 0 Å². The minimum atomic E-state index is -0.481. The molecule has 3 heterocycles. The molecule has 260 valence electrons. The maximum Gasteiger partial charge on any atom is 0.160 e. The molecule has 10 aromatic rings. The average molecular weight is 712 g/mol. The second kappa shape index (κ2) is 11.8. The maximum atomic E-state index is 5.11. The molecule has 12 rings (SSSR count). The van der Waals surface area contributed by atoms with E-state index < -0.39 is 5.41 Å². The number of benzene rings is 8. The molecule has 0 radical (unpaired) electrons. The fourth-order valence-corrected chi connectivity index (χ4v) is 9.65.